The lowest BCUT2D eigenvalue weighted by atomic mass is 9.88. The summed E-state index contributed by atoms with van der Waals surface area (Å²) in [5, 5.41) is 6.16. The van der Waals surface area contributed by atoms with E-state index in [1.165, 1.54) is 0 Å². The number of Topliss-reactive ketones (excluding diaryl/α,β-unsaturated/α-hetero) is 1. The Bertz CT molecular complexity index is 1030. The summed E-state index contributed by atoms with van der Waals surface area (Å²) in [5.74, 6) is -0.781. The monoisotopic (exact) mass is 521 g/mol. The van der Waals surface area contributed by atoms with E-state index in [4.69, 9.17) is 4.74 Å². The number of hydrogen-bond acceptors (Lipinski definition) is 7. The molecule has 1 unspecified atom stereocenters. The molecule has 2 N–H and O–H groups in total. The van der Waals surface area contributed by atoms with Gasteiger partial charge in [0.15, 0.2) is 12.4 Å². The number of hydrogen-bond donors (Lipinski definition) is 2. The molecule has 3 heterocycles. The van der Waals surface area contributed by atoms with Gasteiger partial charge in [-0.3, -0.25) is 19.8 Å². The van der Waals surface area contributed by atoms with Crippen molar-refractivity contribution in [1.82, 2.24) is 20.4 Å². The Morgan fingerprint density at radius 3 is 2.57 bits per heavy atom. The van der Waals surface area contributed by atoms with Gasteiger partial charge in [0.2, 0.25) is 5.91 Å². The molecule has 0 radical (unpaired) electrons. The molecule has 1 saturated heterocycles. The smallest absolute Gasteiger partial charge is 0.422 e. The molecular weight excluding hydrogens is 487 g/mol. The van der Waals surface area contributed by atoms with Crippen molar-refractivity contribution in [3.05, 3.63) is 47.8 Å². The second-order valence-corrected chi connectivity index (χ2v) is 9.60. The summed E-state index contributed by atoms with van der Waals surface area (Å²) >= 11 is 0. The molecule has 1 aromatic carbocycles. The number of benzene rings is 1. The fraction of sp³-hybridized carbons (Fsp3) is 0.538. The molecule has 0 spiro atoms. The summed E-state index contributed by atoms with van der Waals surface area (Å²) in [6, 6.07) is 6.78. The fourth-order valence-electron chi connectivity index (χ4n) is 4.87. The first-order chi connectivity index (χ1) is 17.7. The summed E-state index contributed by atoms with van der Waals surface area (Å²) in [4.78, 5) is 32.0. The van der Waals surface area contributed by atoms with Crippen LogP contribution in [0.2, 0.25) is 0 Å². The number of amides is 1. The van der Waals surface area contributed by atoms with Gasteiger partial charge in [-0.1, -0.05) is 18.2 Å². The van der Waals surface area contributed by atoms with Gasteiger partial charge in [0.05, 0.1) is 18.9 Å². The predicted octanol–water partition coefficient (Wildman–Crippen LogP) is 2.50. The van der Waals surface area contributed by atoms with E-state index in [1.807, 2.05) is 22.1 Å². The summed E-state index contributed by atoms with van der Waals surface area (Å²) in [7, 11) is 0. The zero-order valence-corrected chi connectivity index (χ0v) is 21.0. The highest BCUT2D eigenvalue weighted by molar-refractivity contribution is 6.12. The highest BCUT2D eigenvalue weighted by Gasteiger charge is 2.34. The number of ether oxygens (including phenoxy) is 1. The number of para-hydroxylation sites is 2. The molecule has 202 valence electrons. The average Bonchev–Trinajstić information content (AvgIpc) is 2.89. The lowest BCUT2D eigenvalue weighted by Crippen LogP contribution is -2.47. The van der Waals surface area contributed by atoms with E-state index >= 15 is 0 Å². The first-order valence-electron chi connectivity index (χ1n) is 12.6. The number of carbonyl (C=O) groups excluding carboxylic acids is 2. The summed E-state index contributed by atoms with van der Waals surface area (Å²) < 4.78 is 42.8. The second kappa shape index (κ2) is 12.0. The number of alkyl halides is 3. The van der Waals surface area contributed by atoms with E-state index in [-0.39, 0.29) is 17.4 Å². The lowest BCUT2D eigenvalue weighted by molar-refractivity contribution is -0.153. The van der Waals surface area contributed by atoms with Crippen molar-refractivity contribution in [1.29, 1.82) is 0 Å². The van der Waals surface area contributed by atoms with Crippen LogP contribution in [0.4, 0.5) is 18.9 Å². The number of carbonyl (C=O) groups is 2. The number of halogens is 3. The van der Waals surface area contributed by atoms with E-state index in [2.05, 4.69) is 15.5 Å². The molecule has 0 aliphatic carbocycles. The van der Waals surface area contributed by atoms with Gasteiger partial charge >= 0.3 is 6.18 Å². The first-order valence-corrected chi connectivity index (χ1v) is 12.6. The van der Waals surface area contributed by atoms with E-state index in [0.717, 1.165) is 26.2 Å². The number of nitrogens with zero attached hydrogens (tertiary/aromatic N) is 3. The van der Waals surface area contributed by atoms with Crippen molar-refractivity contribution in [3.63, 3.8) is 0 Å². The largest absolute Gasteiger partial charge is 0.482 e. The van der Waals surface area contributed by atoms with Crippen molar-refractivity contribution in [2.75, 3.05) is 64.0 Å². The standard InChI is InChI=1S/C26H34F3N5O3/c1-19-21(16-33-11-5-9-30-18-33)31-25(36)20(24(19)35)6-4-10-32-12-14-34(15-13-32)22-7-2-3-8-23(22)37-17-26(27,28)29/h2-3,5,7-8,11,20,30H,4,6,9-10,12-18H2,1H3,(H,31,36). The Morgan fingerprint density at radius 1 is 1.11 bits per heavy atom. The second-order valence-electron chi connectivity index (χ2n) is 9.60. The normalized spacial score (nSPS) is 21.5. The number of allylic oxidation sites excluding steroid dienone is 1. The van der Waals surface area contributed by atoms with Crippen LogP contribution in [0.15, 0.2) is 47.8 Å². The highest BCUT2D eigenvalue weighted by atomic mass is 19.4. The molecule has 4 rings (SSSR count). The van der Waals surface area contributed by atoms with Gasteiger partial charge in [-0.25, -0.2) is 0 Å². The Hall–Kier alpha value is -3.05. The van der Waals surface area contributed by atoms with Gasteiger partial charge in [0, 0.05) is 44.0 Å². The van der Waals surface area contributed by atoms with Crippen LogP contribution in [-0.4, -0.2) is 86.8 Å². The minimum Gasteiger partial charge on any atom is -0.482 e. The Morgan fingerprint density at radius 2 is 1.86 bits per heavy atom. The summed E-state index contributed by atoms with van der Waals surface area (Å²) in [5.41, 5.74) is 1.93. The molecule has 11 heteroatoms. The topological polar surface area (TPSA) is 77.2 Å². The molecule has 1 aromatic rings. The number of ketones is 1. The van der Waals surface area contributed by atoms with Crippen LogP contribution in [0, 0.1) is 5.92 Å². The number of rotatable bonds is 9. The van der Waals surface area contributed by atoms with Crippen molar-refractivity contribution in [2.45, 2.75) is 25.9 Å². The maximum absolute atomic E-state index is 12.9. The molecule has 0 bridgehead atoms. The highest BCUT2D eigenvalue weighted by Crippen LogP contribution is 2.30. The number of piperazine rings is 1. The molecule has 0 aromatic heterocycles. The van der Waals surface area contributed by atoms with Gasteiger partial charge in [-0.05, 0) is 44.6 Å². The Balaban J connectivity index is 1.24. The van der Waals surface area contributed by atoms with Gasteiger partial charge in [-0.15, -0.1) is 0 Å². The predicted molar refractivity (Wildman–Crippen MR) is 134 cm³/mol. The first kappa shape index (κ1) is 27.0. The lowest BCUT2D eigenvalue weighted by Gasteiger charge is -2.37. The Kier molecular flexibility index (Phi) is 8.75. The third-order valence-corrected chi connectivity index (χ3v) is 6.92. The van der Waals surface area contributed by atoms with Crippen LogP contribution < -0.4 is 20.3 Å². The molecule has 3 aliphatic rings. The minimum atomic E-state index is -4.39. The maximum Gasteiger partial charge on any atom is 0.422 e. The zero-order valence-electron chi connectivity index (χ0n) is 21.0. The molecule has 3 aliphatic heterocycles. The van der Waals surface area contributed by atoms with Crippen LogP contribution in [0.5, 0.6) is 5.75 Å². The number of anilines is 1. The van der Waals surface area contributed by atoms with E-state index < -0.39 is 18.7 Å². The van der Waals surface area contributed by atoms with Crippen molar-refractivity contribution >= 4 is 17.4 Å². The SMILES string of the molecule is CC1=C(CN2C=CCNC2)NC(=O)C(CCCN2CCN(c3ccccc3OCC(F)(F)F)CC2)C1=O. The van der Waals surface area contributed by atoms with Crippen molar-refractivity contribution in [3.8, 4) is 5.75 Å². The fourth-order valence-corrected chi connectivity index (χ4v) is 4.87. The quantitative estimate of drug-likeness (QED) is 0.484. The summed E-state index contributed by atoms with van der Waals surface area (Å²) in [6.07, 6.45) is 0.758. The van der Waals surface area contributed by atoms with Crippen LogP contribution in [0.1, 0.15) is 19.8 Å². The third-order valence-electron chi connectivity index (χ3n) is 6.92. The minimum absolute atomic E-state index is 0.104. The van der Waals surface area contributed by atoms with Crippen LogP contribution >= 0.6 is 0 Å². The third kappa shape index (κ3) is 7.26. The average molecular weight is 522 g/mol. The molecule has 8 nitrogen and oxygen atoms in total. The zero-order chi connectivity index (χ0) is 26.4. The maximum atomic E-state index is 12.9. The van der Waals surface area contributed by atoms with Gasteiger partial charge < -0.3 is 19.9 Å². The molecule has 1 amide bonds. The molecule has 1 fully saturated rings. The van der Waals surface area contributed by atoms with Gasteiger partial charge in [0.25, 0.3) is 0 Å². The Labute approximate surface area is 215 Å². The van der Waals surface area contributed by atoms with Gasteiger partial charge in [0.1, 0.15) is 11.7 Å². The molecule has 37 heavy (non-hydrogen) atoms. The van der Waals surface area contributed by atoms with Gasteiger partial charge in [-0.2, -0.15) is 13.2 Å². The van der Waals surface area contributed by atoms with Crippen LogP contribution in [0.25, 0.3) is 0 Å². The van der Waals surface area contributed by atoms with Crippen molar-refractivity contribution in [2.24, 2.45) is 5.92 Å². The molecular formula is C26H34F3N5O3. The molecule has 0 saturated carbocycles. The van der Waals surface area contributed by atoms with E-state index in [9.17, 15) is 22.8 Å². The van der Waals surface area contributed by atoms with Crippen LogP contribution in [-0.2, 0) is 9.59 Å². The molecule has 1 atom stereocenters. The van der Waals surface area contributed by atoms with Crippen LogP contribution in [0.3, 0.4) is 0 Å². The van der Waals surface area contributed by atoms with Crippen molar-refractivity contribution < 1.29 is 27.5 Å². The van der Waals surface area contributed by atoms with E-state index in [0.29, 0.717) is 56.1 Å². The van der Waals surface area contributed by atoms with E-state index in [1.54, 1.807) is 31.2 Å². The number of nitrogens with one attached hydrogen (secondary N) is 2. The summed E-state index contributed by atoms with van der Waals surface area (Å²) in [6.45, 7) is 5.94.